The number of carbonyl (C=O) groups is 1. The molecular formula is C19H24O9. The Labute approximate surface area is 161 Å². The molecule has 28 heavy (non-hydrogen) atoms. The van der Waals surface area contributed by atoms with Gasteiger partial charge < -0.3 is 39.7 Å². The molecule has 0 amide bonds. The maximum atomic E-state index is 12.0. The average Bonchev–Trinajstić information content (AvgIpc) is 3.02. The number of allylic oxidation sites excluding steroid dienone is 2. The molecule has 1 aromatic carbocycles. The predicted molar refractivity (Wildman–Crippen MR) is 94.8 cm³/mol. The number of hydrogen-bond donors (Lipinski definition) is 5. The van der Waals surface area contributed by atoms with Crippen LogP contribution in [0.1, 0.15) is 35.3 Å². The summed E-state index contributed by atoms with van der Waals surface area (Å²) in [7, 11) is 0. The van der Waals surface area contributed by atoms with Crippen molar-refractivity contribution in [2.45, 2.75) is 57.6 Å². The molecule has 1 saturated heterocycles. The molecule has 2 heterocycles. The van der Waals surface area contributed by atoms with Crippen molar-refractivity contribution in [1.29, 1.82) is 0 Å². The Kier molecular flexibility index (Phi) is 5.92. The summed E-state index contributed by atoms with van der Waals surface area (Å²) in [6, 6.07) is 1.29. The lowest BCUT2D eigenvalue weighted by atomic mass is 9.97. The molecule has 9 nitrogen and oxygen atoms in total. The summed E-state index contributed by atoms with van der Waals surface area (Å²) < 4.78 is 15.9. The van der Waals surface area contributed by atoms with E-state index in [1.807, 2.05) is 19.9 Å². The van der Waals surface area contributed by atoms with Crippen LogP contribution in [0.4, 0.5) is 0 Å². The van der Waals surface area contributed by atoms with Crippen LogP contribution < -0.4 is 4.74 Å². The minimum atomic E-state index is -1.64. The highest BCUT2D eigenvalue weighted by atomic mass is 16.7. The number of aliphatic hydroxyl groups excluding tert-OH is 4. The van der Waals surface area contributed by atoms with Crippen molar-refractivity contribution in [2.75, 3.05) is 6.61 Å². The number of phenols is 1. The third kappa shape index (κ3) is 3.71. The van der Waals surface area contributed by atoms with Gasteiger partial charge in [0.2, 0.25) is 6.29 Å². The quantitative estimate of drug-likeness (QED) is 0.336. The van der Waals surface area contributed by atoms with E-state index in [0.717, 1.165) is 5.57 Å². The highest BCUT2D eigenvalue weighted by Crippen LogP contribution is 2.40. The zero-order valence-corrected chi connectivity index (χ0v) is 15.5. The van der Waals surface area contributed by atoms with Gasteiger partial charge in [0.25, 0.3) is 0 Å². The molecule has 0 radical (unpaired) electrons. The van der Waals surface area contributed by atoms with Crippen LogP contribution in [0.25, 0.3) is 0 Å². The van der Waals surface area contributed by atoms with E-state index in [0.29, 0.717) is 17.5 Å². The van der Waals surface area contributed by atoms with E-state index in [-0.39, 0.29) is 23.7 Å². The number of cyclic esters (lactones) is 1. The molecule has 0 aliphatic carbocycles. The number of rotatable bonds is 5. The van der Waals surface area contributed by atoms with E-state index < -0.39 is 43.3 Å². The fourth-order valence-corrected chi connectivity index (χ4v) is 3.21. The zero-order valence-electron chi connectivity index (χ0n) is 15.5. The van der Waals surface area contributed by atoms with Crippen LogP contribution in [0.2, 0.25) is 0 Å². The second-order valence-electron chi connectivity index (χ2n) is 7.10. The molecule has 5 N–H and O–H groups in total. The van der Waals surface area contributed by atoms with E-state index in [1.54, 1.807) is 0 Å². The van der Waals surface area contributed by atoms with Crippen molar-refractivity contribution in [1.82, 2.24) is 0 Å². The molecule has 9 heteroatoms. The van der Waals surface area contributed by atoms with Crippen LogP contribution in [0.15, 0.2) is 17.7 Å². The lowest BCUT2D eigenvalue weighted by Gasteiger charge is -2.39. The predicted octanol–water partition coefficient (Wildman–Crippen LogP) is -0.250. The van der Waals surface area contributed by atoms with E-state index >= 15 is 0 Å². The Bertz CT molecular complexity index is 782. The Morgan fingerprint density at radius 1 is 1.25 bits per heavy atom. The zero-order chi connectivity index (χ0) is 20.6. The molecule has 154 valence electrons. The van der Waals surface area contributed by atoms with Crippen LogP contribution >= 0.6 is 0 Å². The number of aliphatic hydroxyl groups is 4. The lowest BCUT2D eigenvalue weighted by molar-refractivity contribution is -0.277. The summed E-state index contributed by atoms with van der Waals surface area (Å²) in [5, 5.41) is 49.9. The number of hydrogen-bond acceptors (Lipinski definition) is 9. The average molecular weight is 396 g/mol. The minimum absolute atomic E-state index is 0.0357. The molecule has 0 spiro atoms. The standard InChI is InChI=1S/C19H24O9/c1-8(2)3-4-9-11-7-26-18(25)10(11)5-12(14(9)21)27-19-17(24)16(23)15(22)13(6-20)28-19/h3,5,13,15-17,19-24H,4,6-7H2,1-2H3/t13-,15-,16+,17-,19-/m1/s1. The van der Waals surface area contributed by atoms with Gasteiger partial charge in [0.05, 0.1) is 12.2 Å². The number of esters is 1. The Morgan fingerprint density at radius 2 is 1.96 bits per heavy atom. The molecule has 5 atom stereocenters. The van der Waals surface area contributed by atoms with Crippen molar-refractivity contribution in [3.8, 4) is 11.5 Å². The van der Waals surface area contributed by atoms with Gasteiger partial charge in [0.1, 0.15) is 31.0 Å². The van der Waals surface area contributed by atoms with Gasteiger partial charge in [-0.25, -0.2) is 4.79 Å². The third-order valence-corrected chi connectivity index (χ3v) is 4.86. The summed E-state index contributed by atoms with van der Waals surface area (Å²) in [5.41, 5.74) is 2.25. The summed E-state index contributed by atoms with van der Waals surface area (Å²) in [6.07, 6.45) is -5.23. The lowest BCUT2D eigenvalue weighted by Crippen LogP contribution is -2.60. The first kappa shape index (κ1) is 20.6. The second-order valence-corrected chi connectivity index (χ2v) is 7.10. The highest BCUT2D eigenvalue weighted by molar-refractivity contribution is 5.95. The number of benzene rings is 1. The molecule has 2 aliphatic heterocycles. The number of fused-ring (bicyclic) bond motifs is 1. The SMILES string of the molecule is CC(C)=CCc1c(O)c(O[C@@H]2O[C@H](CO)[C@@H](O)[C@H](O)[C@H]2O)cc2c1COC2=O. The van der Waals surface area contributed by atoms with E-state index in [4.69, 9.17) is 14.2 Å². The third-order valence-electron chi connectivity index (χ3n) is 4.86. The smallest absolute Gasteiger partial charge is 0.339 e. The molecular weight excluding hydrogens is 372 g/mol. The minimum Gasteiger partial charge on any atom is -0.504 e. The van der Waals surface area contributed by atoms with Gasteiger partial charge in [-0.05, 0) is 26.3 Å². The first-order chi connectivity index (χ1) is 13.2. The summed E-state index contributed by atoms with van der Waals surface area (Å²) in [6.45, 7) is 3.22. The van der Waals surface area contributed by atoms with Crippen molar-refractivity contribution in [3.05, 3.63) is 34.4 Å². The van der Waals surface area contributed by atoms with E-state index in [9.17, 15) is 30.3 Å². The van der Waals surface area contributed by atoms with E-state index in [1.165, 1.54) is 6.07 Å². The Hall–Kier alpha value is -2.17. The van der Waals surface area contributed by atoms with Gasteiger partial charge in [-0.15, -0.1) is 0 Å². The second kappa shape index (κ2) is 8.06. The van der Waals surface area contributed by atoms with Crippen molar-refractivity contribution in [3.63, 3.8) is 0 Å². The number of phenolic OH excluding ortho intramolecular Hbond substituents is 1. The Balaban J connectivity index is 1.96. The topological polar surface area (TPSA) is 146 Å². The van der Waals surface area contributed by atoms with Gasteiger partial charge in [-0.3, -0.25) is 0 Å². The summed E-state index contributed by atoms with van der Waals surface area (Å²) in [5.74, 6) is -0.947. The van der Waals surface area contributed by atoms with Gasteiger partial charge in [-0.1, -0.05) is 11.6 Å². The van der Waals surface area contributed by atoms with Crippen LogP contribution in [0.3, 0.4) is 0 Å². The first-order valence-electron chi connectivity index (χ1n) is 8.90. The van der Waals surface area contributed by atoms with Crippen molar-refractivity contribution >= 4 is 5.97 Å². The molecule has 1 fully saturated rings. The molecule has 3 rings (SSSR count). The highest BCUT2D eigenvalue weighted by Gasteiger charge is 2.45. The van der Waals surface area contributed by atoms with Crippen molar-refractivity contribution < 1.29 is 44.5 Å². The van der Waals surface area contributed by atoms with Gasteiger partial charge >= 0.3 is 5.97 Å². The number of aromatic hydroxyl groups is 1. The largest absolute Gasteiger partial charge is 0.504 e. The molecule has 0 unspecified atom stereocenters. The van der Waals surface area contributed by atoms with Gasteiger partial charge in [0.15, 0.2) is 11.5 Å². The maximum Gasteiger partial charge on any atom is 0.339 e. The molecule has 0 aromatic heterocycles. The maximum absolute atomic E-state index is 12.0. The molecule has 0 saturated carbocycles. The molecule has 1 aromatic rings. The van der Waals surface area contributed by atoms with Crippen LogP contribution in [0, 0.1) is 0 Å². The summed E-state index contributed by atoms with van der Waals surface area (Å²) in [4.78, 5) is 12.0. The first-order valence-corrected chi connectivity index (χ1v) is 8.90. The fraction of sp³-hybridized carbons (Fsp3) is 0.526. The van der Waals surface area contributed by atoms with Gasteiger partial charge in [0, 0.05) is 11.1 Å². The fourth-order valence-electron chi connectivity index (χ4n) is 3.21. The van der Waals surface area contributed by atoms with Crippen molar-refractivity contribution in [2.24, 2.45) is 0 Å². The Morgan fingerprint density at radius 3 is 2.61 bits per heavy atom. The van der Waals surface area contributed by atoms with Crippen LogP contribution in [0.5, 0.6) is 11.5 Å². The van der Waals surface area contributed by atoms with Crippen LogP contribution in [-0.2, 0) is 22.5 Å². The normalized spacial score (nSPS) is 29.2. The van der Waals surface area contributed by atoms with E-state index in [2.05, 4.69) is 0 Å². The number of carbonyl (C=O) groups excluding carboxylic acids is 1. The summed E-state index contributed by atoms with van der Waals surface area (Å²) >= 11 is 0. The van der Waals surface area contributed by atoms with Gasteiger partial charge in [-0.2, -0.15) is 0 Å². The number of ether oxygens (including phenoxy) is 3. The monoisotopic (exact) mass is 396 g/mol. The molecule has 0 bridgehead atoms. The molecule has 2 aliphatic rings. The van der Waals surface area contributed by atoms with Crippen LogP contribution in [-0.4, -0.2) is 68.8 Å².